The van der Waals surface area contributed by atoms with E-state index in [1.807, 2.05) is 19.1 Å². The van der Waals surface area contributed by atoms with E-state index in [4.69, 9.17) is 0 Å². The lowest BCUT2D eigenvalue weighted by Gasteiger charge is -2.32. The Labute approximate surface area is 184 Å². The summed E-state index contributed by atoms with van der Waals surface area (Å²) < 4.78 is 0. The molecule has 9 heteroatoms. The highest BCUT2D eigenvalue weighted by atomic mass is 16.1. The van der Waals surface area contributed by atoms with Crippen LogP contribution in [-0.2, 0) is 6.42 Å². The first-order chi connectivity index (χ1) is 15.1. The second kappa shape index (κ2) is 11.5. The van der Waals surface area contributed by atoms with Crippen molar-refractivity contribution in [2.45, 2.75) is 46.0 Å². The van der Waals surface area contributed by atoms with E-state index >= 15 is 0 Å². The van der Waals surface area contributed by atoms with Gasteiger partial charge in [0.15, 0.2) is 0 Å². The molecule has 1 fully saturated rings. The minimum atomic E-state index is -0.164. The molecular formula is C22H34N8O. The number of aryl methyl sites for hydroxylation is 1. The van der Waals surface area contributed by atoms with Crippen LogP contribution in [0, 0.1) is 0 Å². The maximum Gasteiger partial charge on any atom is 0.269 e. The Morgan fingerprint density at radius 1 is 1.00 bits per heavy atom. The molecule has 0 bridgehead atoms. The van der Waals surface area contributed by atoms with Gasteiger partial charge in [-0.1, -0.05) is 39.2 Å². The Hall–Kier alpha value is -2.81. The van der Waals surface area contributed by atoms with Crippen molar-refractivity contribution in [3.8, 4) is 0 Å². The van der Waals surface area contributed by atoms with Crippen LogP contribution in [0.25, 0.3) is 0 Å². The van der Waals surface area contributed by atoms with Crippen molar-refractivity contribution < 1.29 is 4.79 Å². The molecule has 0 aromatic carbocycles. The largest absolute Gasteiger partial charge is 0.351 e. The van der Waals surface area contributed by atoms with Gasteiger partial charge in [-0.2, -0.15) is 15.0 Å². The van der Waals surface area contributed by atoms with Crippen molar-refractivity contribution in [1.29, 1.82) is 0 Å². The zero-order chi connectivity index (χ0) is 22.1. The molecule has 2 aromatic heterocycles. The Morgan fingerprint density at radius 3 is 2.55 bits per heavy atom. The molecular weight excluding hydrogens is 392 g/mol. The first-order valence-corrected chi connectivity index (χ1v) is 11.3. The van der Waals surface area contributed by atoms with Gasteiger partial charge in [-0.05, 0) is 25.6 Å². The highest BCUT2D eigenvalue weighted by Crippen LogP contribution is 2.17. The molecule has 1 saturated heterocycles. The van der Waals surface area contributed by atoms with Gasteiger partial charge >= 0.3 is 0 Å². The molecule has 0 saturated carbocycles. The van der Waals surface area contributed by atoms with Gasteiger partial charge in [-0.25, -0.2) is 4.98 Å². The first kappa shape index (κ1) is 22.9. The maximum atomic E-state index is 12.4. The number of hydrogen-bond acceptors (Lipinski definition) is 8. The molecule has 3 heterocycles. The van der Waals surface area contributed by atoms with Gasteiger partial charge < -0.3 is 20.4 Å². The van der Waals surface area contributed by atoms with Gasteiger partial charge in [0.1, 0.15) is 17.3 Å². The monoisotopic (exact) mass is 426 g/mol. The average molecular weight is 427 g/mol. The van der Waals surface area contributed by atoms with Crippen LogP contribution in [0.1, 0.15) is 55.8 Å². The van der Waals surface area contributed by atoms with Crippen LogP contribution in [-0.4, -0.2) is 70.5 Å². The highest BCUT2D eigenvalue weighted by Gasteiger charge is 2.18. The average Bonchev–Trinajstić information content (AvgIpc) is 2.79. The van der Waals surface area contributed by atoms with Crippen molar-refractivity contribution in [2.24, 2.45) is 0 Å². The number of carbonyl (C=O) groups excluding carboxylic acids is 1. The summed E-state index contributed by atoms with van der Waals surface area (Å²) >= 11 is 0. The third-order valence-corrected chi connectivity index (χ3v) is 5.31. The van der Waals surface area contributed by atoms with Crippen LogP contribution in [0.2, 0.25) is 0 Å². The molecule has 31 heavy (non-hydrogen) atoms. The van der Waals surface area contributed by atoms with Gasteiger partial charge in [-0.15, -0.1) is 0 Å². The van der Waals surface area contributed by atoms with E-state index in [9.17, 15) is 4.79 Å². The third kappa shape index (κ3) is 6.85. The molecule has 0 radical (unpaired) electrons. The number of aromatic nitrogens is 4. The molecule has 168 valence electrons. The molecule has 1 amide bonds. The molecule has 9 nitrogen and oxygen atoms in total. The minimum absolute atomic E-state index is 0.164. The van der Waals surface area contributed by atoms with Crippen LogP contribution in [0.5, 0.6) is 0 Å². The smallest absolute Gasteiger partial charge is 0.269 e. The van der Waals surface area contributed by atoms with E-state index in [-0.39, 0.29) is 5.91 Å². The van der Waals surface area contributed by atoms with Gasteiger partial charge in [-0.3, -0.25) is 4.79 Å². The Morgan fingerprint density at radius 2 is 1.81 bits per heavy atom. The summed E-state index contributed by atoms with van der Waals surface area (Å²) in [6.45, 7) is 8.59. The number of carbonyl (C=O) groups is 1. The Kier molecular flexibility index (Phi) is 8.52. The van der Waals surface area contributed by atoms with Crippen LogP contribution in [0.3, 0.4) is 0 Å². The van der Waals surface area contributed by atoms with Crippen LogP contribution in [0.4, 0.5) is 17.7 Å². The summed E-state index contributed by atoms with van der Waals surface area (Å²) in [6.07, 6.45) is 5.19. The lowest BCUT2D eigenvalue weighted by Crippen LogP contribution is -2.45. The predicted molar refractivity (Wildman–Crippen MR) is 123 cm³/mol. The molecule has 3 rings (SSSR count). The zero-order valence-corrected chi connectivity index (χ0v) is 18.9. The number of unbranched alkanes of at least 4 members (excludes halogenated alkanes) is 3. The quantitative estimate of drug-likeness (QED) is 0.560. The Balaban J connectivity index is 1.67. The molecule has 1 aliphatic rings. The summed E-state index contributed by atoms with van der Waals surface area (Å²) in [5.41, 5.74) is 0.379. The first-order valence-electron chi connectivity index (χ1n) is 11.3. The minimum Gasteiger partial charge on any atom is -0.351 e. The fourth-order valence-corrected chi connectivity index (χ4v) is 3.36. The molecule has 1 aliphatic heterocycles. The predicted octanol–water partition coefficient (Wildman–Crippen LogP) is 2.63. The summed E-state index contributed by atoms with van der Waals surface area (Å²) in [5, 5.41) is 6.10. The van der Waals surface area contributed by atoms with Gasteiger partial charge in [0.25, 0.3) is 5.91 Å². The van der Waals surface area contributed by atoms with Gasteiger partial charge in [0.05, 0.1) is 0 Å². The van der Waals surface area contributed by atoms with Crippen molar-refractivity contribution in [2.75, 3.05) is 50.0 Å². The topological polar surface area (TPSA) is 99.2 Å². The second-order valence-corrected chi connectivity index (χ2v) is 7.87. The van der Waals surface area contributed by atoms with Crippen LogP contribution in [0.15, 0.2) is 18.2 Å². The number of pyridine rings is 1. The number of hydrogen-bond donors (Lipinski definition) is 2. The van der Waals surface area contributed by atoms with Crippen molar-refractivity contribution >= 4 is 23.6 Å². The van der Waals surface area contributed by atoms with Crippen molar-refractivity contribution in [1.82, 2.24) is 30.2 Å². The van der Waals surface area contributed by atoms with E-state index in [2.05, 4.69) is 54.3 Å². The van der Waals surface area contributed by atoms with Crippen molar-refractivity contribution in [3.63, 3.8) is 0 Å². The third-order valence-electron chi connectivity index (χ3n) is 5.31. The van der Waals surface area contributed by atoms with E-state index in [0.717, 1.165) is 44.8 Å². The van der Waals surface area contributed by atoms with Crippen LogP contribution < -0.4 is 15.5 Å². The molecule has 2 aromatic rings. The molecule has 2 N–H and O–H groups in total. The summed E-state index contributed by atoms with van der Waals surface area (Å²) in [6, 6.07) is 5.33. The normalized spacial score (nSPS) is 14.5. The zero-order valence-electron chi connectivity index (χ0n) is 18.9. The second-order valence-electron chi connectivity index (χ2n) is 7.87. The van der Waals surface area contributed by atoms with Crippen molar-refractivity contribution in [3.05, 3.63) is 29.7 Å². The van der Waals surface area contributed by atoms with E-state index in [1.54, 1.807) is 6.07 Å². The molecule has 0 spiro atoms. The fourth-order valence-electron chi connectivity index (χ4n) is 3.36. The summed E-state index contributed by atoms with van der Waals surface area (Å²) in [7, 11) is 2.12. The molecule has 0 atom stereocenters. The summed E-state index contributed by atoms with van der Waals surface area (Å²) in [5.74, 6) is 2.24. The number of nitrogens with one attached hydrogen (secondary N) is 2. The Bertz CT molecular complexity index is 851. The number of rotatable bonds is 10. The number of amides is 1. The lowest BCUT2D eigenvalue weighted by atomic mass is 10.2. The number of likely N-dealkylation sites (N-methyl/N-ethyl adjacent to an activating group) is 1. The van der Waals surface area contributed by atoms with Crippen LogP contribution >= 0.6 is 0 Å². The van der Waals surface area contributed by atoms with E-state index in [0.29, 0.717) is 36.4 Å². The lowest BCUT2D eigenvalue weighted by molar-refractivity contribution is 0.0948. The molecule has 0 aliphatic carbocycles. The fraction of sp³-hybridized carbons (Fsp3) is 0.591. The number of piperazine rings is 1. The van der Waals surface area contributed by atoms with E-state index < -0.39 is 0 Å². The SMILES string of the molecule is CCCCCCNC(=O)c1cccc(Nc2nc(CC)nc(N3CCN(C)CC3)n2)n1. The number of anilines is 3. The van der Waals surface area contributed by atoms with Gasteiger partial charge in [0.2, 0.25) is 11.9 Å². The maximum absolute atomic E-state index is 12.4. The van der Waals surface area contributed by atoms with E-state index in [1.165, 1.54) is 12.8 Å². The summed E-state index contributed by atoms with van der Waals surface area (Å²) in [4.78, 5) is 35.1. The number of nitrogens with zero attached hydrogens (tertiary/aromatic N) is 6. The standard InChI is InChI=1S/C22H34N8O/c1-4-6-7-8-12-23-20(31)17-10-9-11-19(24-17)26-21-25-18(5-2)27-22(28-21)30-15-13-29(3)14-16-30/h9-11H,4-8,12-16H2,1-3H3,(H,23,31)(H,24,25,26,27,28). The van der Waals surface area contributed by atoms with Gasteiger partial charge in [0, 0.05) is 39.1 Å². The highest BCUT2D eigenvalue weighted by molar-refractivity contribution is 5.92. The molecule has 0 unspecified atom stereocenters.